The highest BCUT2D eigenvalue weighted by Gasteiger charge is 2.10. The van der Waals surface area contributed by atoms with E-state index in [1.165, 1.54) is 0 Å². The molecule has 3 aromatic rings. The number of hydrazone groups is 1. The molecule has 0 bridgehead atoms. The molecule has 0 aliphatic heterocycles. The van der Waals surface area contributed by atoms with Gasteiger partial charge in [-0.05, 0) is 11.6 Å². The first kappa shape index (κ1) is 15.8. The lowest BCUT2D eigenvalue weighted by Crippen LogP contribution is -1.97. The van der Waals surface area contributed by atoms with Crippen LogP contribution < -0.4 is 4.83 Å². The second-order valence-electron chi connectivity index (χ2n) is 4.70. The highest BCUT2D eigenvalue weighted by molar-refractivity contribution is 8.11. The van der Waals surface area contributed by atoms with Crippen LogP contribution in [0.15, 0.2) is 69.9 Å². The van der Waals surface area contributed by atoms with Gasteiger partial charge >= 0.3 is 5.24 Å². The molecule has 0 aliphatic carbocycles. The van der Waals surface area contributed by atoms with E-state index in [4.69, 9.17) is 0 Å². The molecular formula is C16H13N5O2S. The molecule has 0 atom stereocenters. The van der Waals surface area contributed by atoms with Crippen LogP contribution in [0.5, 0.6) is 5.88 Å². The van der Waals surface area contributed by atoms with Crippen molar-refractivity contribution in [2.75, 3.05) is 0 Å². The lowest BCUT2D eigenvalue weighted by atomic mass is 10.2. The summed E-state index contributed by atoms with van der Waals surface area (Å²) in [5.41, 5.74) is 1.85. The topological polar surface area (TPSA) is 102 Å². The molecule has 2 aromatic carbocycles. The Labute approximate surface area is 141 Å². The van der Waals surface area contributed by atoms with Gasteiger partial charge < -0.3 is 10.1 Å². The van der Waals surface area contributed by atoms with Crippen LogP contribution in [0, 0.1) is 0 Å². The molecule has 1 aromatic heterocycles. The van der Waals surface area contributed by atoms with Crippen LogP contribution in [-0.4, -0.2) is 21.5 Å². The van der Waals surface area contributed by atoms with Crippen molar-refractivity contribution in [2.24, 2.45) is 15.3 Å². The number of para-hydroxylation sites is 1. The Balaban J connectivity index is 1.59. The molecule has 120 valence electrons. The van der Waals surface area contributed by atoms with Crippen LogP contribution >= 0.6 is 11.9 Å². The second kappa shape index (κ2) is 7.42. The zero-order valence-electron chi connectivity index (χ0n) is 12.4. The summed E-state index contributed by atoms with van der Waals surface area (Å²) in [4.78, 5) is 17.0. The first-order valence-corrected chi connectivity index (χ1v) is 7.81. The number of rotatable bonds is 4. The molecule has 0 unspecified atom stereocenters. The van der Waals surface area contributed by atoms with Gasteiger partial charge in [-0.2, -0.15) is 5.10 Å². The zero-order chi connectivity index (χ0) is 16.8. The molecule has 7 nitrogen and oxygen atoms in total. The van der Waals surface area contributed by atoms with E-state index in [0.29, 0.717) is 17.3 Å². The first-order valence-electron chi connectivity index (χ1n) is 6.99. The predicted octanol–water partition coefficient (Wildman–Crippen LogP) is 4.35. The first-order chi connectivity index (χ1) is 11.7. The summed E-state index contributed by atoms with van der Waals surface area (Å²) in [6, 6.07) is 16.7. The van der Waals surface area contributed by atoms with Gasteiger partial charge in [0, 0.05) is 5.39 Å². The Hall–Kier alpha value is -3.13. The summed E-state index contributed by atoms with van der Waals surface area (Å²) >= 11 is 0.690. The summed E-state index contributed by atoms with van der Waals surface area (Å²) in [5.74, 6) is -0.132. The van der Waals surface area contributed by atoms with E-state index in [2.05, 4.69) is 25.1 Å². The number of aromatic amines is 1. The molecule has 24 heavy (non-hydrogen) atoms. The number of benzene rings is 2. The van der Waals surface area contributed by atoms with Crippen LogP contribution in [0.4, 0.5) is 10.5 Å². The quantitative estimate of drug-likeness (QED) is 0.284. The SMILES string of the molecule is O=C(N=Nc1c(O)[nH]c2ccccc12)SN/N=C/c1ccccc1. The zero-order valence-corrected chi connectivity index (χ0v) is 13.2. The number of hydrogen-bond acceptors (Lipinski definition) is 6. The highest BCUT2D eigenvalue weighted by atomic mass is 32.2. The predicted molar refractivity (Wildman–Crippen MR) is 94.6 cm³/mol. The number of aromatic hydroxyl groups is 1. The molecule has 0 fully saturated rings. The summed E-state index contributed by atoms with van der Waals surface area (Å²) in [6.07, 6.45) is 1.59. The Morgan fingerprint density at radius 3 is 2.71 bits per heavy atom. The van der Waals surface area contributed by atoms with Crippen molar-refractivity contribution >= 4 is 40.0 Å². The van der Waals surface area contributed by atoms with Crippen molar-refractivity contribution in [2.45, 2.75) is 0 Å². The van der Waals surface area contributed by atoms with E-state index in [1.54, 1.807) is 18.3 Å². The van der Waals surface area contributed by atoms with Gasteiger partial charge in [-0.15, -0.1) is 5.11 Å². The fourth-order valence-electron chi connectivity index (χ4n) is 2.03. The minimum Gasteiger partial charge on any atom is -0.493 e. The minimum absolute atomic E-state index is 0.132. The van der Waals surface area contributed by atoms with Crippen molar-refractivity contribution in [3.8, 4) is 5.88 Å². The lowest BCUT2D eigenvalue weighted by Gasteiger charge is -1.94. The van der Waals surface area contributed by atoms with Gasteiger partial charge in [-0.25, -0.2) is 4.83 Å². The molecule has 1 amide bonds. The van der Waals surface area contributed by atoms with Gasteiger partial charge in [0.2, 0.25) is 5.88 Å². The van der Waals surface area contributed by atoms with Crippen LogP contribution in [0.3, 0.4) is 0 Å². The van der Waals surface area contributed by atoms with Gasteiger partial charge in [-0.1, -0.05) is 53.6 Å². The molecule has 8 heteroatoms. The summed E-state index contributed by atoms with van der Waals surface area (Å²) in [5, 5.41) is 21.2. The third-order valence-corrected chi connectivity index (χ3v) is 3.54. The smallest absolute Gasteiger partial charge is 0.345 e. The number of aromatic nitrogens is 1. The van der Waals surface area contributed by atoms with Crippen LogP contribution in [0.1, 0.15) is 5.56 Å². The van der Waals surface area contributed by atoms with Crippen LogP contribution in [-0.2, 0) is 0 Å². The highest BCUT2D eigenvalue weighted by Crippen LogP contribution is 2.35. The average molecular weight is 339 g/mol. The molecule has 1 heterocycles. The van der Waals surface area contributed by atoms with Crippen LogP contribution in [0.25, 0.3) is 10.9 Å². The van der Waals surface area contributed by atoms with Crippen molar-refractivity contribution < 1.29 is 9.90 Å². The maximum Gasteiger partial charge on any atom is 0.345 e. The van der Waals surface area contributed by atoms with E-state index in [1.807, 2.05) is 42.5 Å². The van der Waals surface area contributed by atoms with Crippen molar-refractivity contribution in [1.29, 1.82) is 0 Å². The molecule has 3 N–H and O–H groups in total. The van der Waals surface area contributed by atoms with E-state index < -0.39 is 5.24 Å². The minimum atomic E-state index is -0.579. The second-order valence-corrected chi connectivity index (χ2v) is 5.43. The van der Waals surface area contributed by atoms with Crippen molar-refractivity contribution in [3.05, 3.63) is 60.2 Å². The van der Waals surface area contributed by atoms with E-state index >= 15 is 0 Å². The van der Waals surface area contributed by atoms with Gasteiger partial charge in [0.15, 0.2) is 5.69 Å². The largest absolute Gasteiger partial charge is 0.493 e. The fraction of sp³-hybridized carbons (Fsp3) is 0. The third kappa shape index (κ3) is 3.79. The number of carbonyl (C=O) groups is 1. The standard InChI is InChI=1S/C16H13N5O2S/c22-15-14(12-8-4-5-9-13(12)18-15)19-20-16(23)24-21-17-10-11-6-2-1-3-7-11/h1-10,18,21-22H/b17-10+,20-19?. The number of H-pyrrole nitrogens is 1. The number of azo groups is 1. The number of nitrogens with one attached hydrogen (secondary N) is 2. The molecule has 0 aliphatic rings. The van der Waals surface area contributed by atoms with Gasteiger partial charge in [0.05, 0.1) is 23.7 Å². The number of nitrogens with zero attached hydrogens (tertiary/aromatic N) is 3. The molecule has 0 radical (unpaired) electrons. The van der Waals surface area contributed by atoms with Gasteiger partial charge in [-0.3, -0.25) is 4.79 Å². The molecule has 0 spiro atoms. The normalized spacial score (nSPS) is 11.5. The maximum absolute atomic E-state index is 11.7. The monoisotopic (exact) mass is 339 g/mol. The summed E-state index contributed by atoms with van der Waals surface area (Å²) < 4.78 is 0. The number of carbonyl (C=O) groups excluding carboxylic acids is 1. The van der Waals surface area contributed by atoms with Crippen molar-refractivity contribution in [3.63, 3.8) is 0 Å². The fourth-order valence-corrected chi connectivity index (χ4v) is 2.30. The van der Waals surface area contributed by atoms with E-state index in [9.17, 15) is 9.90 Å². The summed E-state index contributed by atoms with van der Waals surface area (Å²) in [6.45, 7) is 0. The van der Waals surface area contributed by atoms with Gasteiger partial charge in [0.1, 0.15) is 0 Å². The number of hydrogen-bond donors (Lipinski definition) is 3. The third-order valence-electron chi connectivity index (χ3n) is 3.09. The van der Waals surface area contributed by atoms with Gasteiger partial charge in [0.25, 0.3) is 0 Å². The number of fused-ring (bicyclic) bond motifs is 1. The van der Waals surface area contributed by atoms with Crippen molar-refractivity contribution in [1.82, 2.24) is 9.82 Å². The summed E-state index contributed by atoms with van der Waals surface area (Å²) in [7, 11) is 0. The number of amides is 1. The van der Waals surface area contributed by atoms with Crippen LogP contribution in [0.2, 0.25) is 0 Å². The Morgan fingerprint density at radius 2 is 1.88 bits per heavy atom. The molecule has 0 saturated heterocycles. The maximum atomic E-state index is 11.7. The van der Waals surface area contributed by atoms with E-state index in [-0.39, 0.29) is 11.6 Å². The Kier molecular flexibility index (Phi) is 4.87. The molecule has 3 rings (SSSR count). The Bertz CT molecular complexity index is 905. The Morgan fingerprint density at radius 1 is 1.12 bits per heavy atom. The molecule has 0 saturated carbocycles. The molecular weight excluding hydrogens is 326 g/mol. The average Bonchev–Trinajstić information content (AvgIpc) is 2.93. The lowest BCUT2D eigenvalue weighted by molar-refractivity contribution is 0.266. The van der Waals surface area contributed by atoms with E-state index in [0.717, 1.165) is 11.1 Å².